The number of rotatable bonds is 5. The number of aromatic nitrogens is 3. The van der Waals surface area contributed by atoms with Gasteiger partial charge in [0.1, 0.15) is 0 Å². The lowest BCUT2D eigenvalue weighted by Gasteiger charge is -2.25. The maximum atomic E-state index is 11.7. The van der Waals surface area contributed by atoms with Crippen LogP contribution in [0.25, 0.3) is 0 Å². The lowest BCUT2D eigenvalue weighted by molar-refractivity contribution is 0.600. The van der Waals surface area contributed by atoms with Gasteiger partial charge in [-0.25, -0.2) is 8.42 Å². The summed E-state index contributed by atoms with van der Waals surface area (Å²) in [6.07, 6.45) is 2.22. The third-order valence-corrected chi connectivity index (χ3v) is 6.02. The van der Waals surface area contributed by atoms with Gasteiger partial charge in [0, 0.05) is 25.3 Å². The van der Waals surface area contributed by atoms with Crippen molar-refractivity contribution in [1.82, 2.24) is 15.2 Å². The summed E-state index contributed by atoms with van der Waals surface area (Å²) in [6.45, 7) is 2.78. The van der Waals surface area contributed by atoms with Crippen LogP contribution in [0.1, 0.15) is 13.3 Å². The second-order valence-corrected chi connectivity index (χ2v) is 8.09. The fourth-order valence-corrected chi connectivity index (χ4v) is 4.67. The van der Waals surface area contributed by atoms with Gasteiger partial charge in [-0.05, 0) is 25.5 Å². The van der Waals surface area contributed by atoms with Crippen LogP contribution >= 0.6 is 0 Å². The number of para-hydroxylation sites is 1. The standard InChI is InChI=1S/C16H21N5O2S/c1-3-21(13-7-5-4-6-8-13)15-11-17-19-16(18-15)20(2)14-9-10-24(22,23)12-14/h4-8,11,14H,3,9-10,12H2,1-2H3. The maximum Gasteiger partial charge on any atom is 0.247 e. The summed E-state index contributed by atoms with van der Waals surface area (Å²) >= 11 is 0. The van der Waals surface area contributed by atoms with Gasteiger partial charge in [0.2, 0.25) is 5.95 Å². The molecular weight excluding hydrogens is 326 g/mol. The minimum Gasteiger partial charge on any atom is -0.338 e. The molecule has 0 amide bonds. The summed E-state index contributed by atoms with van der Waals surface area (Å²) in [6, 6.07) is 9.84. The molecule has 7 nitrogen and oxygen atoms in total. The molecule has 0 N–H and O–H groups in total. The fourth-order valence-electron chi connectivity index (χ4n) is 2.89. The van der Waals surface area contributed by atoms with Crippen molar-refractivity contribution in [2.75, 3.05) is 34.9 Å². The molecule has 2 heterocycles. The average molecular weight is 347 g/mol. The van der Waals surface area contributed by atoms with Gasteiger partial charge in [-0.1, -0.05) is 18.2 Å². The summed E-state index contributed by atoms with van der Waals surface area (Å²) in [5.74, 6) is 1.51. The Morgan fingerprint density at radius 1 is 1.25 bits per heavy atom. The molecule has 2 aromatic rings. The van der Waals surface area contributed by atoms with Gasteiger partial charge in [-0.2, -0.15) is 10.1 Å². The molecular formula is C16H21N5O2S. The molecule has 1 aromatic carbocycles. The van der Waals surface area contributed by atoms with Crippen LogP contribution in [0.3, 0.4) is 0 Å². The third-order valence-electron chi connectivity index (χ3n) is 4.27. The molecule has 0 saturated carbocycles. The molecule has 1 aromatic heterocycles. The third kappa shape index (κ3) is 3.48. The molecule has 0 bridgehead atoms. The van der Waals surface area contributed by atoms with E-state index in [9.17, 15) is 8.42 Å². The molecule has 0 aliphatic carbocycles. The first-order chi connectivity index (χ1) is 11.5. The quantitative estimate of drug-likeness (QED) is 0.813. The predicted octanol–water partition coefficient (Wildman–Crippen LogP) is 1.65. The Labute approximate surface area is 142 Å². The van der Waals surface area contributed by atoms with Gasteiger partial charge in [0.15, 0.2) is 15.7 Å². The smallest absolute Gasteiger partial charge is 0.247 e. The minimum atomic E-state index is -2.95. The molecule has 1 atom stereocenters. The van der Waals surface area contributed by atoms with E-state index < -0.39 is 9.84 Å². The van der Waals surface area contributed by atoms with E-state index in [1.807, 2.05) is 54.1 Å². The average Bonchev–Trinajstić information content (AvgIpc) is 2.96. The van der Waals surface area contributed by atoms with Crippen LogP contribution in [0.15, 0.2) is 36.5 Å². The Kier molecular flexibility index (Phi) is 4.66. The van der Waals surface area contributed by atoms with Crippen molar-refractivity contribution in [3.63, 3.8) is 0 Å². The van der Waals surface area contributed by atoms with Crippen LogP contribution in [-0.2, 0) is 9.84 Å². The van der Waals surface area contributed by atoms with Crippen LogP contribution in [-0.4, -0.2) is 54.7 Å². The zero-order valence-electron chi connectivity index (χ0n) is 13.8. The van der Waals surface area contributed by atoms with E-state index >= 15 is 0 Å². The first kappa shape index (κ1) is 16.6. The second-order valence-electron chi connectivity index (χ2n) is 5.86. The molecule has 1 unspecified atom stereocenters. The van der Waals surface area contributed by atoms with Crippen molar-refractivity contribution >= 4 is 27.3 Å². The van der Waals surface area contributed by atoms with Crippen molar-refractivity contribution in [1.29, 1.82) is 0 Å². The Hall–Kier alpha value is -2.22. The van der Waals surface area contributed by atoms with Gasteiger partial charge in [0.25, 0.3) is 0 Å². The first-order valence-corrected chi connectivity index (χ1v) is 9.78. The van der Waals surface area contributed by atoms with Gasteiger partial charge < -0.3 is 9.80 Å². The van der Waals surface area contributed by atoms with Gasteiger partial charge in [-0.3, -0.25) is 0 Å². The molecule has 3 rings (SSSR count). The highest BCUT2D eigenvalue weighted by Gasteiger charge is 2.32. The highest BCUT2D eigenvalue weighted by Crippen LogP contribution is 2.25. The van der Waals surface area contributed by atoms with E-state index in [4.69, 9.17) is 0 Å². The lowest BCUT2D eigenvalue weighted by atomic mass is 10.2. The van der Waals surface area contributed by atoms with E-state index in [0.29, 0.717) is 18.2 Å². The highest BCUT2D eigenvalue weighted by molar-refractivity contribution is 7.91. The monoisotopic (exact) mass is 347 g/mol. The van der Waals surface area contributed by atoms with E-state index in [1.54, 1.807) is 6.20 Å². The molecule has 1 saturated heterocycles. The van der Waals surface area contributed by atoms with Crippen LogP contribution in [0.2, 0.25) is 0 Å². The van der Waals surface area contributed by atoms with Gasteiger partial charge in [0.05, 0.1) is 17.7 Å². The minimum absolute atomic E-state index is 0.0983. The summed E-state index contributed by atoms with van der Waals surface area (Å²) in [5.41, 5.74) is 1.03. The Bertz CT molecular complexity index is 797. The van der Waals surface area contributed by atoms with Crippen LogP contribution in [0.5, 0.6) is 0 Å². The van der Waals surface area contributed by atoms with Crippen molar-refractivity contribution in [3.05, 3.63) is 36.5 Å². The van der Waals surface area contributed by atoms with E-state index in [-0.39, 0.29) is 17.5 Å². The highest BCUT2D eigenvalue weighted by atomic mass is 32.2. The largest absolute Gasteiger partial charge is 0.338 e. The van der Waals surface area contributed by atoms with E-state index in [1.165, 1.54) is 0 Å². The van der Waals surface area contributed by atoms with Crippen LogP contribution < -0.4 is 9.80 Å². The Morgan fingerprint density at radius 3 is 2.62 bits per heavy atom. The first-order valence-electron chi connectivity index (χ1n) is 7.96. The van der Waals surface area contributed by atoms with Crippen LogP contribution in [0.4, 0.5) is 17.5 Å². The SMILES string of the molecule is CCN(c1ccccc1)c1cnnc(N(C)C2CCS(=O)(=O)C2)n1. The lowest BCUT2D eigenvalue weighted by Crippen LogP contribution is -2.34. The zero-order valence-corrected chi connectivity index (χ0v) is 14.6. The molecule has 0 spiro atoms. The normalized spacial score (nSPS) is 19.2. The van der Waals surface area contributed by atoms with Crippen molar-refractivity contribution < 1.29 is 8.42 Å². The molecule has 1 aliphatic rings. The van der Waals surface area contributed by atoms with Gasteiger partial charge >= 0.3 is 0 Å². The topological polar surface area (TPSA) is 79.3 Å². The van der Waals surface area contributed by atoms with Crippen molar-refractivity contribution in [2.45, 2.75) is 19.4 Å². The number of nitrogens with zero attached hydrogens (tertiary/aromatic N) is 5. The molecule has 8 heteroatoms. The molecule has 1 aliphatic heterocycles. The van der Waals surface area contributed by atoms with Crippen LogP contribution in [0, 0.1) is 0 Å². The summed E-state index contributed by atoms with van der Waals surface area (Å²) in [4.78, 5) is 8.45. The summed E-state index contributed by atoms with van der Waals surface area (Å²) in [7, 11) is -1.13. The summed E-state index contributed by atoms with van der Waals surface area (Å²) in [5, 5.41) is 8.15. The zero-order chi connectivity index (χ0) is 17.2. The number of anilines is 3. The molecule has 0 radical (unpaired) electrons. The molecule has 1 fully saturated rings. The number of benzene rings is 1. The summed E-state index contributed by atoms with van der Waals surface area (Å²) < 4.78 is 23.4. The Balaban J connectivity index is 1.86. The van der Waals surface area contributed by atoms with Crippen molar-refractivity contribution in [2.24, 2.45) is 0 Å². The number of hydrogen-bond acceptors (Lipinski definition) is 7. The fraction of sp³-hybridized carbons (Fsp3) is 0.438. The molecule has 24 heavy (non-hydrogen) atoms. The predicted molar refractivity (Wildman–Crippen MR) is 94.4 cm³/mol. The Morgan fingerprint density at radius 2 is 2.00 bits per heavy atom. The van der Waals surface area contributed by atoms with Crippen molar-refractivity contribution in [3.8, 4) is 0 Å². The van der Waals surface area contributed by atoms with E-state index in [0.717, 1.165) is 12.2 Å². The van der Waals surface area contributed by atoms with Gasteiger partial charge in [-0.15, -0.1) is 5.10 Å². The molecule has 128 valence electrons. The number of sulfone groups is 1. The number of hydrogen-bond donors (Lipinski definition) is 0. The van der Waals surface area contributed by atoms with E-state index in [2.05, 4.69) is 15.2 Å². The maximum absolute atomic E-state index is 11.7. The second kappa shape index (κ2) is 6.72.